The zero-order valence-electron chi connectivity index (χ0n) is 18.1. The lowest BCUT2D eigenvalue weighted by Gasteiger charge is -2.13. The Labute approximate surface area is 200 Å². The lowest BCUT2D eigenvalue weighted by atomic mass is 10.0. The lowest BCUT2D eigenvalue weighted by Crippen LogP contribution is -2.15. The second kappa shape index (κ2) is 8.48. The summed E-state index contributed by atoms with van der Waals surface area (Å²) in [4.78, 5) is 18.0. The molecule has 1 atom stereocenters. The number of nitrogens with zero attached hydrogens (tertiary/aromatic N) is 3. The number of rotatable bonds is 4. The predicted octanol–water partition coefficient (Wildman–Crippen LogP) is 4.81. The van der Waals surface area contributed by atoms with Crippen LogP contribution in [0.15, 0.2) is 54.6 Å². The molecule has 1 saturated heterocycles. The third-order valence-corrected chi connectivity index (χ3v) is 7.85. The number of hydrogen-bond donors (Lipinski definition) is 1. The Balaban J connectivity index is 1.70. The van der Waals surface area contributed by atoms with E-state index in [4.69, 9.17) is 11.6 Å². The van der Waals surface area contributed by atoms with E-state index in [0.29, 0.717) is 33.9 Å². The number of nitrogens with one attached hydrogen (secondary N) is 1. The highest BCUT2D eigenvalue weighted by molar-refractivity contribution is 7.91. The van der Waals surface area contributed by atoms with E-state index in [0.717, 1.165) is 0 Å². The molecule has 1 unspecified atom stereocenters. The number of aromatic nitrogens is 3. The highest BCUT2D eigenvalue weighted by atomic mass is 35.5. The first kappa shape index (κ1) is 22.5. The molecule has 5 rings (SSSR count). The molecular formula is C24H20ClFN4O3S. The first-order valence-corrected chi connectivity index (χ1v) is 12.8. The molecule has 3 heterocycles. The maximum atomic E-state index is 14.7. The van der Waals surface area contributed by atoms with E-state index in [-0.39, 0.29) is 28.3 Å². The van der Waals surface area contributed by atoms with Crippen LogP contribution in [0.4, 0.5) is 10.1 Å². The summed E-state index contributed by atoms with van der Waals surface area (Å²) in [5.41, 5.74) is 2.11. The van der Waals surface area contributed by atoms with Gasteiger partial charge in [-0.3, -0.25) is 4.79 Å². The van der Waals surface area contributed by atoms with Gasteiger partial charge >= 0.3 is 0 Å². The first-order valence-electron chi connectivity index (χ1n) is 10.6. The van der Waals surface area contributed by atoms with Gasteiger partial charge in [-0.1, -0.05) is 29.8 Å². The number of halogens is 2. The van der Waals surface area contributed by atoms with Crippen LogP contribution in [0.2, 0.25) is 5.02 Å². The van der Waals surface area contributed by atoms with Gasteiger partial charge in [0.2, 0.25) is 0 Å². The second-order valence-corrected chi connectivity index (χ2v) is 10.9. The summed E-state index contributed by atoms with van der Waals surface area (Å²) in [6.07, 6.45) is 0.397. The fraction of sp³-hybridized carbons (Fsp3) is 0.208. The fourth-order valence-electron chi connectivity index (χ4n) is 4.29. The van der Waals surface area contributed by atoms with Crippen molar-refractivity contribution in [1.29, 1.82) is 0 Å². The van der Waals surface area contributed by atoms with Crippen LogP contribution in [0.1, 0.15) is 28.5 Å². The average molecular weight is 499 g/mol. The van der Waals surface area contributed by atoms with Crippen LogP contribution in [0.25, 0.3) is 22.3 Å². The van der Waals surface area contributed by atoms with Crippen LogP contribution in [0.5, 0.6) is 0 Å². The number of aryl methyl sites for hydroxylation is 1. The van der Waals surface area contributed by atoms with Crippen molar-refractivity contribution >= 4 is 44.1 Å². The summed E-state index contributed by atoms with van der Waals surface area (Å²) >= 11 is 6.05. The number of carbonyl (C=O) groups is 1. The third kappa shape index (κ3) is 4.17. The van der Waals surface area contributed by atoms with Crippen molar-refractivity contribution in [1.82, 2.24) is 14.8 Å². The zero-order chi connectivity index (χ0) is 24.0. The largest absolute Gasteiger partial charge is 0.322 e. The van der Waals surface area contributed by atoms with E-state index in [1.165, 1.54) is 12.1 Å². The van der Waals surface area contributed by atoms with Gasteiger partial charge < -0.3 is 5.32 Å². The maximum absolute atomic E-state index is 14.7. The van der Waals surface area contributed by atoms with E-state index in [1.54, 1.807) is 54.1 Å². The molecule has 0 saturated carbocycles. The quantitative estimate of drug-likeness (QED) is 0.435. The van der Waals surface area contributed by atoms with Gasteiger partial charge in [-0.05, 0) is 49.7 Å². The number of anilines is 1. The molecular weight excluding hydrogens is 479 g/mol. The molecule has 174 valence electrons. The smallest absolute Gasteiger partial charge is 0.256 e. The normalized spacial score (nSPS) is 17.2. The summed E-state index contributed by atoms with van der Waals surface area (Å²) in [7, 11) is -3.18. The molecule has 4 aromatic rings. The Bertz CT molecular complexity index is 1550. The number of sulfone groups is 1. The van der Waals surface area contributed by atoms with Crippen LogP contribution in [0.3, 0.4) is 0 Å². The van der Waals surface area contributed by atoms with Crippen molar-refractivity contribution in [2.24, 2.45) is 0 Å². The summed E-state index contributed by atoms with van der Waals surface area (Å²) in [5, 5.41) is 8.34. The monoisotopic (exact) mass is 498 g/mol. The molecule has 2 aromatic carbocycles. The van der Waals surface area contributed by atoms with Crippen LogP contribution in [-0.4, -0.2) is 40.6 Å². The van der Waals surface area contributed by atoms with Gasteiger partial charge in [0.1, 0.15) is 5.82 Å². The highest BCUT2D eigenvalue weighted by Gasteiger charge is 2.32. The molecule has 1 N–H and O–H groups in total. The molecule has 34 heavy (non-hydrogen) atoms. The van der Waals surface area contributed by atoms with Gasteiger partial charge in [0.25, 0.3) is 5.91 Å². The Morgan fingerprint density at radius 1 is 1.18 bits per heavy atom. The molecule has 1 aliphatic rings. The molecule has 0 aliphatic carbocycles. The van der Waals surface area contributed by atoms with E-state index in [2.05, 4.69) is 15.4 Å². The summed E-state index contributed by atoms with van der Waals surface area (Å²) in [6, 6.07) is 14.0. The number of benzene rings is 2. The number of hydrogen-bond acceptors (Lipinski definition) is 5. The summed E-state index contributed by atoms with van der Waals surface area (Å²) < 4.78 is 40.4. The van der Waals surface area contributed by atoms with E-state index in [9.17, 15) is 17.6 Å². The van der Waals surface area contributed by atoms with Crippen LogP contribution < -0.4 is 5.32 Å². The van der Waals surface area contributed by atoms with Crippen molar-refractivity contribution < 1.29 is 17.6 Å². The van der Waals surface area contributed by atoms with Gasteiger partial charge in [-0.15, -0.1) is 0 Å². The number of carbonyl (C=O) groups excluding carboxylic acids is 1. The highest BCUT2D eigenvalue weighted by Crippen LogP contribution is 2.33. The average Bonchev–Trinajstić information content (AvgIpc) is 3.32. The van der Waals surface area contributed by atoms with E-state index < -0.39 is 27.6 Å². The summed E-state index contributed by atoms with van der Waals surface area (Å²) in [5.74, 6) is -0.915. The first-order chi connectivity index (χ1) is 16.2. The second-order valence-electron chi connectivity index (χ2n) is 8.28. The van der Waals surface area contributed by atoms with Crippen LogP contribution >= 0.6 is 11.6 Å². The van der Waals surface area contributed by atoms with Crippen molar-refractivity contribution in [3.8, 4) is 11.3 Å². The number of amides is 1. The molecule has 2 aromatic heterocycles. The van der Waals surface area contributed by atoms with Gasteiger partial charge in [-0.25, -0.2) is 22.5 Å². The molecule has 7 nitrogen and oxygen atoms in total. The third-order valence-electron chi connectivity index (χ3n) is 5.87. The molecule has 10 heteroatoms. The molecule has 1 aliphatic heterocycles. The van der Waals surface area contributed by atoms with Crippen molar-refractivity contribution in [2.45, 2.75) is 19.4 Å². The SMILES string of the molecule is Cc1nn(C2CCS(=O)(=O)C2)c2nc(-c3ccccc3F)cc(C(=O)Nc3cccc(Cl)c3)c12. The Morgan fingerprint density at radius 2 is 1.97 bits per heavy atom. The Hall–Kier alpha value is -3.30. The lowest BCUT2D eigenvalue weighted by molar-refractivity contribution is 0.102. The molecule has 0 radical (unpaired) electrons. The molecule has 0 spiro atoms. The molecule has 1 amide bonds. The van der Waals surface area contributed by atoms with Gasteiger partial charge in [-0.2, -0.15) is 5.10 Å². The van der Waals surface area contributed by atoms with Crippen LogP contribution in [-0.2, 0) is 9.84 Å². The van der Waals surface area contributed by atoms with Crippen LogP contribution in [0, 0.1) is 12.7 Å². The Morgan fingerprint density at radius 3 is 2.68 bits per heavy atom. The van der Waals surface area contributed by atoms with Gasteiger partial charge in [0.15, 0.2) is 15.5 Å². The van der Waals surface area contributed by atoms with Crippen molar-refractivity contribution in [2.75, 3.05) is 16.8 Å². The standard InChI is InChI=1S/C24H20ClFN4O3S/c1-14-22-19(24(31)27-16-6-4-5-15(25)11-16)12-21(18-7-2-3-8-20(18)26)28-23(22)30(29-14)17-9-10-34(32,33)13-17/h2-8,11-12,17H,9-10,13H2,1H3,(H,27,31). The minimum Gasteiger partial charge on any atom is -0.322 e. The minimum atomic E-state index is -3.18. The van der Waals surface area contributed by atoms with Crippen molar-refractivity contribution in [3.63, 3.8) is 0 Å². The topological polar surface area (TPSA) is 93.9 Å². The molecule has 0 bridgehead atoms. The molecule has 1 fully saturated rings. The minimum absolute atomic E-state index is 0.0567. The summed E-state index contributed by atoms with van der Waals surface area (Å²) in [6.45, 7) is 1.74. The zero-order valence-corrected chi connectivity index (χ0v) is 19.7. The Kier molecular flexibility index (Phi) is 5.61. The maximum Gasteiger partial charge on any atom is 0.256 e. The fourth-order valence-corrected chi connectivity index (χ4v) is 6.17. The van der Waals surface area contributed by atoms with Gasteiger partial charge in [0, 0.05) is 16.3 Å². The van der Waals surface area contributed by atoms with E-state index >= 15 is 0 Å². The number of pyridine rings is 1. The van der Waals surface area contributed by atoms with Gasteiger partial charge in [0.05, 0.1) is 39.9 Å². The van der Waals surface area contributed by atoms with E-state index in [1.807, 2.05) is 0 Å². The van der Waals surface area contributed by atoms with Crippen molar-refractivity contribution in [3.05, 3.63) is 76.7 Å². The number of fused-ring (bicyclic) bond motifs is 1. The predicted molar refractivity (Wildman–Crippen MR) is 129 cm³/mol.